The third-order valence-electron chi connectivity index (χ3n) is 10.5. The van der Waals surface area contributed by atoms with Gasteiger partial charge in [-0.15, -0.1) is 0 Å². The Hall–Kier alpha value is -5.35. The second-order valence-corrected chi connectivity index (χ2v) is 15.9. The third-order valence-corrected chi connectivity index (χ3v) is 10.5. The van der Waals surface area contributed by atoms with Crippen LogP contribution in [0.1, 0.15) is 75.1 Å². The van der Waals surface area contributed by atoms with Crippen molar-refractivity contribution >= 4 is 17.1 Å². The number of anilines is 3. The van der Waals surface area contributed by atoms with Crippen LogP contribution in [0, 0.1) is 0 Å². The molecule has 1 aliphatic heterocycles. The zero-order valence-electron chi connectivity index (χ0n) is 30.2. The average Bonchev–Trinajstić information content (AvgIpc) is 3.60. The Kier molecular flexibility index (Phi) is 7.41. The van der Waals surface area contributed by atoms with E-state index in [1.165, 1.54) is 44.8 Å². The highest BCUT2D eigenvalue weighted by Gasteiger charge is 2.48. The molecule has 0 saturated heterocycles. The number of rotatable bonds is 5. The molecule has 0 saturated carbocycles. The quantitative estimate of drug-likeness (QED) is 0.184. The van der Waals surface area contributed by atoms with Gasteiger partial charge in [0.25, 0.3) is 0 Å². The van der Waals surface area contributed by atoms with Gasteiger partial charge in [-0.3, -0.25) is 4.98 Å². The maximum Gasteiger partial charge on any atom is 0.129 e. The molecule has 0 radical (unpaired) electrons. The molecular weight excluding hydrogens is 611 g/mol. The lowest BCUT2D eigenvalue weighted by Crippen LogP contribution is -2.30. The molecule has 50 heavy (non-hydrogen) atoms. The van der Waals surface area contributed by atoms with Crippen LogP contribution in [0.15, 0.2) is 134 Å². The molecule has 1 aromatic heterocycles. The molecular formula is C46H45N3O. The van der Waals surface area contributed by atoms with Crippen LogP contribution >= 0.6 is 0 Å². The standard InChI is InChI=1S/C46H45N3O/c1-44(2,3)31-21-23-37-38-24-22-32(45(4,5)6)28-40(38)46(39(37)27-31,43-20-10-11-25-47-43)33-14-12-16-35(26-33)50-36-17-13-15-34(29-36)49-30-48(7)41-18-8-9-19-42(41)49/h8-29H,30H2,1-7H3. The molecule has 250 valence electrons. The summed E-state index contributed by atoms with van der Waals surface area (Å²) in [7, 11) is 2.14. The summed E-state index contributed by atoms with van der Waals surface area (Å²) >= 11 is 0. The molecule has 6 aromatic rings. The van der Waals surface area contributed by atoms with E-state index in [1.807, 2.05) is 18.3 Å². The van der Waals surface area contributed by atoms with E-state index in [-0.39, 0.29) is 10.8 Å². The van der Waals surface area contributed by atoms with Crippen LogP contribution in [-0.4, -0.2) is 18.7 Å². The zero-order chi connectivity index (χ0) is 34.8. The minimum Gasteiger partial charge on any atom is -0.457 e. The zero-order valence-corrected chi connectivity index (χ0v) is 30.2. The molecule has 5 aromatic carbocycles. The van der Waals surface area contributed by atoms with E-state index in [2.05, 4.69) is 174 Å². The summed E-state index contributed by atoms with van der Waals surface area (Å²) in [6.07, 6.45) is 1.93. The van der Waals surface area contributed by atoms with Crippen molar-refractivity contribution in [3.63, 3.8) is 0 Å². The fraction of sp³-hybridized carbons (Fsp3) is 0.239. The first kappa shape index (κ1) is 31.9. The van der Waals surface area contributed by atoms with Gasteiger partial charge in [-0.05, 0) is 98.3 Å². The van der Waals surface area contributed by atoms with E-state index in [4.69, 9.17) is 9.72 Å². The van der Waals surface area contributed by atoms with Gasteiger partial charge in [0, 0.05) is 25.0 Å². The van der Waals surface area contributed by atoms with Gasteiger partial charge in [-0.2, -0.15) is 0 Å². The second kappa shape index (κ2) is 11.6. The largest absolute Gasteiger partial charge is 0.457 e. The molecule has 0 spiro atoms. The van der Waals surface area contributed by atoms with Crippen molar-refractivity contribution in [2.24, 2.45) is 0 Å². The highest BCUT2D eigenvalue weighted by atomic mass is 16.5. The van der Waals surface area contributed by atoms with Crippen molar-refractivity contribution in [1.82, 2.24) is 4.98 Å². The van der Waals surface area contributed by atoms with Crippen molar-refractivity contribution in [3.8, 4) is 22.6 Å². The predicted octanol–water partition coefficient (Wildman–Crippen LogP) is 11.4. The van der Waals surface area contributed by atoms with Gasteiger partial charge < -0.3 is 14.5 Å². The maximum atomic E-state index is 6.75. The minimum atomic E-state index is -0.639. The average molecular weight is 656 g/mol. The first-order valence-corrected chi connectivity index (χ1v) is 17.6. The number of fused-ring (bicyclic) bond motifs is 4. The van der Waals surface area contributed by atoms with E-state index in [0.717, 1.165) is 35.1 Å². The minimum absolute atomic E-state index is 0.0170. The summed E-state index contributed by atoms with van der Waals surface area (Å²) in [5.74, 6) is 1.60. The van der Waals surface area contributed by atoms with E-state index in [0.29, 0.717) is 0 Å². The molecule has 8 rings (SSSR count). The number of benzene rings is 5. The summed E-state index contributed by atoms with van der Waals surface area (Å²) in [5.41, 5.74) is 12.7. The van der Waals surface area contributed by atoms with Crippen molar-refractivity contribution in [3.05, 3.63) is 167 Å². The van der Waals surface area contributed by atoms with Crippen molar-refractivity contribution in [1.29, 1.82) is 0 Å². The number of pyridine rings is 1. The lowest BCUT2D eigenvalue weighted by Gasteiger charge is -2.34. The van der Waals surface area contributed by atoms with E-state index in [1.54, 1.807) is 0 Å². The molecule has 2 heterocycles. The molecule has 0 bridgehead atoms. The number of ether oxygens (including phenoxy) is 1. The van der Waals surface area contributed by atoms with Crippen LogP contribution in [0.25, 0.3) is 11.1 Å². The summed E-state index contributed by atoms with van der Waals surface area (Å²) < 4.78 is 6.75. The molecule has 0 amide bonds. The summed E-state index contributed by atoms with van der Waals surface area (Å²) in [6.45, 7) is 14.5. The Morgan fingerprint density at radius 1 is 0.600 bits per heavy atom. The van der Waals surface area contributed by atoms with Gasteiger partial charge in [0.2, 0.25) is 0 Å². The molecule has 0 N–H and O–H groups in total. The van der Waals surface area contributed by atoms with Crippen LogP contribution in [0.4, 0.5) is 17.1 Å². The lowest BCUT2D eigenvalue weighted by atomic mass is 9.68. The number of para-hydroxylation sites is 2. The fourth-order valence-electron chi connectivity index (χ4n) is 7.82. The third kappa shape index (κ3) is 5.17. The smallest absolute Gasteiger partial charge is 0.129 e. The number of aromatic nitrogens is 1. The monoisotopic (exact) mass is 655 g/mol. The van der Waals surface area contributed by atoms with Crippen LogP contribution < -0.4 is 14.5 Å². The van der Waals surface area contributed by atoms with Gasteiger partial charge in [-0.25, -0.2) is 0 Å². The molecule has 0 fully saturated rings. The highest BCUT2D eigenvalue weighted by molar-refractivity contribution is 5.87. The van der Waals surface area contributed by atoms with E-state index >= 15 is 0 Å². The molecule has 2 aliphatic rings. The Morgan fingerprint density at radius 2 is 1.20 bits per heavy atom. The van der Waals surface area contributed by atoms with E-state index < -0.39 is 5.41 Å². The maximum absolute atomic E-state index is 6.75. The topological polar surface area (TPSA) is 28.6 Å². The Bertz CT molecular complexity index is 2160. The molecule has 1 aliphatic carbocycles. The van der Waals surface area contributed by atoms with Crippen LogP contribution in [-0.2, 0) is 16.2 Å². The van der Waals surface area contributed by atoms with Crippen molar-refractivity contribution in [2.75, 3.05) is 23.5 Å². The summed E-state index contributed by atoms with van der Waals surface area (Å²) in [4.78, 5) is 9.74. The second-order valence-electron chi connectivity index (χ2n) is 15.9. The fourth-order valence-corrected chi connectivity index (χ4v) is 7.82. The van der Waals surface area contributed by atoms with Gasteiger partial charge >= 0.3 is 0 Å². The van der Waals surface area contributed by atoms with Crippen molar-refractivity contribution in [2.45, 2.75) is 57.8 Å². The SMILES string of the molecule is CN1CN(c2cccc(Oc3cccc(C4(c5ccccn5)c5cc(C(C)(C)C)ccc5-c5ccc(C(C)(C)C)cc54)c3)c2)c2ccccc21. The normalized spacial score (nSPS) is 14.7. The number of hydrogen-bond acceptors (Lipinski definition) is 4. The Morgan fingerprint density at radius 3 is 1.82 bits per heavy atom. The van der Waals surface area contributed by atoms with Crippen molar-refractivity contribution < 1.29 is 4.74 Å². The number of hydrogen-bond donors (Lipinski definition) is 0. The van der Waals surface area contributed by atoms with E-state index in [9.17, 15) is 0 Å². The van der Waals surface area contributed by atoms with Gasteiger partial charge in [-0.1, -0.05) is 114 Å². The Labute approximate surface area is 297 Å². The van der Waals surface area contributed by atoms with Gasteiger partial charge in [0.1, 0.15) is 11.5 Å². The molecule has 0 atom stereocenters. The summed E-state index contributed by atoms with van der Waals surface area (Å²) in [5, 5.41) is 0. The number of nitrogens with zero attached hydrogens (tertiary/aromatic N) is 3. The first-order chi connectivity index (χ1) is 23.9. The molecule has 0 unspecified atom stereocenters. The Balaban J connectivity index is 1.29. The lowest BCUT2D eigenvalue weighted by molar-refractivity contribution is 0.481. The molecule has 4 heteroatoms. The molecule has 4 nitrogen and oxygen atoms in total. The van der Waals surface area contributed by atoms with Gasteiger partial charge in [0.15, 0.2) is 0 Å². The predicted molar refractivity (Wildman–Crippen MR) is 207 cm³/mol. The van der Waals surface area contributed by atoms with Crippen LogP contribution in [0.3, 0.4) is 0 Å². The summed E-state index contributed by atoms with van der Waals surface area (Å²) in [6, 6.07) is 46.1. The van der Waals surface area contributed by atoms with Gasteiger partial charge in [0.05, 0.1) is 29.2 Å². The first-order valence-electron chi connectivity index (χ1n) is 17.6. The van der Waals surface area contributed by atoms with Crippen LogP contribution in [0.2, 0.25) is 0 Å². The van der Waals surface area contributed by atoms with Crippen LogP contribution in [0.5, 0.6) is 11.5 Å². The highest BCUT2D eigenvalue weighted by Crippen LogP contribution is 2.57.